The van der Waals surface area contributed by atoms with Crippen molar-refractivity contribution < 1.29 is 9.53 Å². The molecule has 0 N–H and O–H groups in total. The van der Waals surface area contributed by atoms with Crippen LogP contribution in [0.25, 0.3) is 16.9 Å². The second-order valence-corrected chi connectivity index (χ2v) is 5.50. The number of carbonyl (C=O) groups excluding carboxylic acids is 1. The standard InChI is InChI=1S/C20H19NO2/c1-14-12-13-19(16-8-5-4-6-9-16)21(14)18-11-7-10-17(15(18)2)20(22)23-3/h4-13H,1-3H3. The maximum Gasteiger partial charge on any atom is 0.338 e. The average molecular weight is 305 g/mol. The van der Waals surface area contributed by atoms with Crippen molar-refractivity contribution in [3.63, 3.8) is 0 Å². The van der Waals surface area contributed by atoms with Crippen LogP contribution in [-0.4, -0.2) is 17.6 Å². The number of esters is 1. The third-order valence-corrected chi connectivity index (χ3v) is 4.10. The summed E-state index contributed by atoms with van der Waals surface area (Å²) >= 11 is 0. The molecule has 1 aromatic heterocycles. The number of rotatable bonds is 3. The lowest BCUT2D eigenvalue weighted by Gasteiger charge is -2.16. The van der Waals surface area contributed by atoms with Crippen LogP contribution in [0.15, 0.2) is 60.7 Å². The Morgan fingerprint density at radius 3 is 2.35 bits per heavy atom. The summed E-state index contributed by atoms with van der Waals surface area (Å²) in [6, 6.07) is 20.2. The van der Waals surface area contributed by atoms with Crippen molar-refractivity contribution in [1.29, 1.82) is 0 Å². The first-order chi connectivity index (χ1) is 11.1. The largest absolute Gasteiger partial charge is 0.465 e. The predicted octanol–water partition coefficient (Wildman–Crippen LogP) is 4.55. The van der Waals surface area contributed by atoms with Gasteiger partial charge >= 0.3 is 5.97 Å². The summed E-state index contributed by atoms with van der Waals surface area (Å²) in [6.07, 6.45) is 0. The van der Waals surface area contributed by atoms with E-state index in [-0.39, 0.29) is 5.97 Å². The highest BCUT2D eigenvalue weighted by Gasteiger charge is 2.16. The van der Waals surface area contributed by atoms with E-state index < -0.39 is 0 Å². The molecule has 0 amide bonds. The van der Waals surface area contributed by atoms with E-state index in [1.807, 2.05) is 37.3 Å². The van der Waals surface area contributed by atoms with Gasteiger partial charge in [0, 0.05) is 11.4 Å². The first-order valence-corrected chi connectivity index (χ1v) is 7.55. The number of carbonyl (C=O) groups is 1. The average Bonchev–Trinajstić information content (AvgIpc) is 2.97. The van der Waals surface area contributed by atoms with E-state index in [1.54, 1.807) is 6.07 Å². The minimum atomic E-state index is -0.310. The molecule has 3 heteroatoms. The molecule has 3 aromatic rings. The Balaban J connectivity index is 2.21. The number of aryl methyl sites for hydroxylation is 1. The van der Waals surface area contributed by atoms with Gasteiger partial charge in [-0.3, -0.25) is 0 Å². The molecule has 0 atom stereocenters. The Labute approximate surface area is 136 Å². The predicted molar refractivity (Wildman–Crippen MR) is 92.0 cm³/mol. The van der Waals surface area contributed by atoms with Gasteiger partial charge in [0.1, 0.15) is 0 Å². The number of benzene rings is 2. The van der Waals surface area contributed by atoms with Gasteiger partial charge < -0.3 is 9.30 Å². The second-order valence-electron chi connectivity index (χ2n) is 5.50. The number of aromatic nitrogens is 1. The quantitative estimate of drug-likeness (QED) is 0.665. The van der Waals surface area contributed by atoms with Crippen molar-refractivity contribution in [2.24, 2.45) is 0 Å². The van der Waals surface area contributed by atoms with Gasteiger partial charge in [-0.05, 0) is 49.2 Å². The van der Waals surface area contributed by atoms with E-state index in [1.165, 1.54) is 7.11 Å². The van der Waals surface area contributed by atoms with E-state index in [2.05, 4.69) is 35.8 Å². The summed E-state index contributed by atoms with van der Waals surface area (Å²) in [5.41, 5.74) is 5.87. The first-order valence-electron chi connectivity index (χ1n) is 7.55. The van der Waals surface area contributed by atoms with Gasteiger partial charge in [-0.2, -0.15) is 0 Å². The molecule has 0 aliphatic rings. The van der Waals surface area contributed by atoms with Gasteiger partial charge in [-0.1, -0.05) is 36.4 Å². The first kappa shape index (κ1) is 15.1. The van der Waals surface area contributed by atoms with Crippen molar-refractivity contribution in [2.45, 2.75) is 13.8 Å². The number of nitrogens with zero attached hydrogens (tertiary/aromatic N) is 1. The van der Waals surface area contributed by atoms with E-state index in [0.29, 0.717) is 5.56 Å². The minimum absolute atomic E-state index is 0.310. The molecule has 0 unspecified atom stereocenters. The second kappa shape index (κ2) is 6.13. The van der Waals surface area contributed by atoms with Crippen LogP contribution in [0.2, 0.25) is 0 Å². The third kappa shape index (κ3) is 2.66. The molecule has 23 heavy (non-hydrogen) atoms. The summed E-state index contributed by atoms with van der Waals surface area (Å²) in [5.74, 6) is -0.310. The van der Waals surface area contributed by atoms with Gasteiger partial charge in [0.15, 0.2) is 0 Å². The van der Waals surface area contributed by atoms with Crippen molar-refractivity contribution in [1.82, 2.24) is 4.57 Å². The molecule has 0 saturated heterocycles. The Bertz CT molecular complexity index is 847. The molecule has 0 saturated carbocycles. The Morgan fingerprint density at radius 2 is 1.65 bits per heavy atom. The van der Waals surface area contributed by atoms with Crippen LogP contribution < -0.4 is 0 Å². The molecule has 0 aliphatic carbocycles. The molecule has 3 nitrogen and oxygen atoms in total. The highest BCUT2D eigenvalue weighted by molar-refractivity contribution is 5.92. The van der Waals surface area contributed by atoms with E-state index >= 15 is 0 Å². The minimum Gasteiger partial charge on any atom is -0.465 e. The fraction of sp³-hybridized carbons (Fsp3) is 0.150. The van der Waals surface area contributed by atoms with Crippen LogP contribution in [0, 0.1) is 13.8 Å². The fourth-order valence-corrected chi connectivity index (χ4v) is 2.89. The van der Waals surface area contributed by atoms with Gasteiger partial charge in [0.25, 0.3) is 0 Å². The summed E-state index contributed by atoms with van der Waals surface area (Å²) in [5, 5.41) is 0. The molecule has 2 aromatic carbocycles. The lowest BCUT2D eigenvalue weighted by atomic mass is 10.1. The van der Waals surface area contributed by atoms with E-state index in [4.69, 9.17) is 4.74 Å². The lowest BCUT2D eigenvalue weighted by Crippen LogP contribution is -2.08. The van der Waals surface area contributed by atoms with Crippen molar-refractivity contribution >= 4 is 5.97 Å². The zero-order valence-corrected chi connectivity index (χ0v) is 13.5. The van der Waals surface area contributed by atoms with Crippen LogP contribution in [0.5, 0.6) is 0 Å². The topological polar surface area (TPSA) is 31.2 Å². The monoisotopic (exact) mass is 305 g/mol. The molecule has 1 heterocycles. The third-order valence-electron chi connectivity index (χ3n) is 4.10. The number of hydrogen-bond donors (Lipinski definition) is 0. The van der Waals surface area contributed by atoms with E-state index in [9.17, 15) is 4.79 Å². The molecule has 0 spiro atoms. The molecule has 3 rings (SSSR count). The molecule has 0 fully saturated rings. The Hall–Kier alpha value is -2.81. The van der Waals surface area contributed by atoms with Crippen LogP contribution in [0.4, 0.5) is 0 Å². The molecule has 0 bridgehead atoms. The van der Waals surface area contributed by atoms with Gasteiger partial charge in [0.2, 0.25) is 0 Å². The van der Waals surface area contributed by atoms with Crippen molar-refractivity contribution in [3.05, 3.63) is 77.5 Å². The highest BCUT2D eigenvalue weighted by Crippen LogP contribution is 2.29. The maximum atomic E-state index is 12.0. The molecule has 116 valence electrons. The normalized spacial score (nSPS) is 10.6. The van der Waals surface area contributed by atoms with Crippen LogP contribution in [0.1, 0.15) is 21.6 Å². The molecular weight excluding hydrogens is 286 g/mol. The lowest BCUT2D eigenvalue weighted by molar-refractivity contribution is 0.0600. The summed E-state index contributed by atoms with van der Waals surface area (Å²) in [6.45, 7) is 4.02. The molecular formula is C20H19NO2. The fourth-order valence-electron chi connectivity index (χ4n) is 2.89. The number of methoxy groups -OCH3 is 1. The highest BCUT2D eigenvalue weighted by atomic mass is 16.5. The number of hydrogen-bond acceptors (Lipinski definition) is 2. The zero-order chi connectivity index (χ0) is 16.4. The molecule has 0 radical (unpaired) electrons. The van der Waals surface area contributed by atoms with Crippen molar-refractivity contribution in [2.75, 3.05) is 7.11 Å². The Morgan fingerprint density at radius 1 is 0.913 bits per heavy atom. The van der Waals surface area contributed by atoms with Crippen molar-refractivity contribution in [3.8, 4) is 16.9 Å². The summed E-state index contributed by atoms with van der Waals surface area (Å²) in [4.78, 5) is 12.0. The van der Waals surface area contributed by atoms with Crippen LogP contribution in [0.3, 0.4) is 0 Å². The smallest absolute Gasteiger partial charge is 0.338 e. The Kier molecular flexibility index (Phi) is 4.02. The zero-order valence-electron chi connectivity index (χ0n) is 13.5. The number of ether oxygens (including phenoxy) is 1. The van der Waals surface area contributed by atoms with Gasteiger partial charge in [-0.25, -0.2) is 4.79 Å². The SMILES string of the molecule is COC(=O)c1cccc(-n2c(C)ccc2-c2ccccc2)c1C. The maximum absolute atomic E-state index is 12.0. The van der Waals surface area contributed by atoms with Crippen LogP contribution in [-0.2, 0) is 4.74 Å². The molecule has 0 aliphatic heterocycles. The summed E-state index contributed by atoms with van der Waals surface area (Å²) < 4.78 is 7.06. The van der Waals surface area contributed by atoms with E-state index in [0.717, 1.165) is 28.2 Å². The van der Waals surface area contributed by atoms with Gasteiger partial charge in [0.05, 0.1) is 18.4 Å². The summed E-state index contributed by atoms with van der Waals surface area (Å²) in [7, 11) is 1.41. The van der Waals surface area contributed by atoms with Gasteiger partial charge in [-0.15, -0.1) is 0 Å². The van der Waals surface area contributed by atoms with Crippen LogP contribution >= 0.6 is 0 Å².